The average Bonchev–Trinajstić information content (AvgIpc) is 3.17. The second kappa shape index (κ2) is 5.22. The van der Waals surface area contributed by atoms with Gasteiger partial charge in [0.05, 0.1) is 17.2 Å². The minimum Gasteiger partial charge on any atom is -0.357 e. The summed E-state index contributed by atoms with van der Waals surface area (Å²) in [6.07, 6.45) is 9.99. The smallest absolute Gasteiger partial charge is 0.134 e. The molecule has 0 aromatic carbocycles. The topological polar surface area (TPSA) is 44.8 Å². The third-order valence-electron chi connectivity index (χ3n) is 4.96. The van der Waals surface area contributed by atoms with E-state index in [0.717, 1.165) is 42.2 Å². The third kappa shape index (κ3) is 2.67. The van der Waals surface area contributed by atoms with Gasteiger partial charge < -0.3 is 9.88 Å². The van der Waals surface area contributed by atoms with Crippen LogP contribution in [0.3, 0.4) is 0 Å². The number of H-pyrrole nitrogens is 1. The van der Waals surface area contributed by atoms with Gasteiger partial charge >= 0.3 is 0 Å². The van der Waals surface area contributed by atoms with Crippen molar-refractivity contribution in [3.63, 3.8) is 0 Å². The maximum absolute atomic E-state index is 4.87. The molecule has 23 heavy (non-hydrogen) atoms. The highest BCUT2D eigenvalue weighted by Crippen LogP contribution is 2.38. The molecule has 4 nitrogen and oxygen atoms in total. The fourth-order valence-corrected chi connectivity index (χ4v) is 3.54. The monoisotopic (exact) mass is 308 g/mol. The predicted molar refractivity (Wildman–Crippen MR) is 95.5 cm³/mol. The van der Waals surface area contributed by atoms with Crippen molar-refractivity contribution in [2.75, 3.05) is 18.0 Å². The minimum absolute atomic E-state index is 0.187. The van der Waals surface area contributed by atoms with Gasteiger partial charge in [-0.15, -0.1) is 0 Å². The fraction of sp³-hybridized carbons (Fsp3) is 0.474. The SMILES string of the molecule is CC1=C(c2nc3cc(N4CCCC4)ncc3[nH]2)CC(C)(C)C=C1. The lowest BCUT2D eigenvalue weighted by Crippen LogP contribution is -2.18. The second-order valence-corrected chi connectivity index (χ2v) is 7.50. The molecule has 1 aliphatic carbocycles. The molecule has 0 atom stereocenters. The van der Waals surface area contributed by atoms with E-state index < -0.39 is 0 Å². The van der Waals surface area contributed by atoms with Crippen molar-refractivity contribution in [1.29, 1.82) is 0 Å². The molecule has 0 saturated carbocycles. The molecule has 1 N–H and O–H groups in total. The first-order valence-electron chi connectivity index (χ1n) is 8.52. The van der Waals surface area contributed by atoms with Gasteiger partial charge in [0.15, 0.2) is 0 Å². The van der Waals surface area contributed by atoms with Crippen LogP contribution in [0.2, 0.25) is 0 Å². The van der Waals surface area contributed by atoms with Crippen LogP contribution in [0.4, 0.5) is 5.82 Å². The highest BCUT2D eigenvalue weighted by molar-refractivity contribution is 5.81. The number of nitrogens with zero attached hydrogens (tertiary/aromatic N) is 3. The van der Waals surface area contributed by atoms with Crippen LogP contribution in [-0.2, 0) is 0 Å². The molecule has 0 unspecified atom stereocenters. The van der Waals surface area contributed by atoms with E-state index in [2.05, 4.69) is 53.9 Å². The van der Waals surface area contributed by atoms with Crippen molar-refractivity contribution in [3.05, 3.63) is 35.8 Å². The molecular weight excluding hydrogens is 284 g/mol. The summed E-state index contributed by atoms with van der Waals surface area (Å²) in [6, 6.07) is 2.13. The Hall–Kier alpha value is -2.10. The maximum atomic E-state index is 4.87. The van der Waals surface area contributed by atoms with Crippen molar-refractivity contribution in [3.8, 4) is 0 Å². The van der Waals surface area contributed by atoms with Crippen LogP contribution in [-0.4, -0.2) is 28.0 Å². The first-order valence-corrected chi connectivity index (χ1v) is 8.52. The number of nitrogens with one attached hydrogen (secondary N) is 1. The number of rotatable bonds is 2. The first-order chi connectivity index (χ1) is 11.0. The summed E-state index contributed by atoms with van der Waals surface area (Å²) in [5.41, 5.74) is 4.85. The minimum atomic E-state index is 0.187. The number of aromatic nitrogens is 3. The third-order valence-corrected chi connectivity index (χ3v) is 4.96. The molecule has 0 radical (unpaired) electrons. The van der Waals surface area contributed by atoms with Crippen molar-refractivity contribution >= 4 is 22.4 Å². The van der Waals surface area contributed by atoms with E-state index in [9.17, 15) is 0 Å². The summed E-state index contributed by atoms with van der Waals surface area (Å²) in [5, 5.41) is 0. The Bertz CT molecular complexity index is 804. The number of aromatic amines is 1. The van der Waals surface area contributed by atoms with Crippen molar-refractivity contribution < 1.29 is 0 Å². The Morgan fingerprint density at radius 2 is 2.00 bits per heavy atom. The fourth-order valence-electron chi connectivity index (χ4n) is 3.54. The van der Waals surface area contributed by atoms with Crippen LogP contribution < -0.4 is 4.90 Å². The Morgan fingerprint density at radius 3 is 2.78 bits per heavy atom. The Labute approximate surface area is 137 Å². The van der Waals surface area contributed by atoms with Gasteiger partial charge in [0.1, 0.15) is 11.6 Å². The molecule has 2 aromatic rings. The quantitative estimate of drug-likeness (QED) is 0.898. The molecule has 4 heteroatoms. The van der Waals surface area contributed by atoms with Crippen LogP contribution in [0.25, 0.3) is 16.6 Å². The molecule has 0 amide bonds. The Morgan fingerprint density at radius 1 is 1.22 bits per heavy atom. The maximum Gasteiger partial charge on any atom is 0.134 e. The molecule has 1 saturated heterocycles. The van der Waals surface area contributed by atoms with Gasteiger partial charge in [-0.25, -0.2) is 9.97 Å². The molecule has 0 spiro atoms. The zero-order valence-electron chi connectivity index (χ0n) is 14.2. The van der Waals surface area contributed by atoms with Gasteiger partial charge in [0.2, 0.25) is 0 Å². The Balaban J connectivity index is 1.73. The highest BCUT2D eigenvalue weighted by atomic mass is 15.2. The van der Waals surface area contributed by atoms with E-state index >= 15 is 0 Å². The van der Waals surface area contributed by atoms with Crippen LogP contribution in [0, 0.1) is 5.41 Å². The Kier molecular flexibility index (Phi) is 3.29. The van der Waals surface area contributed by atoms with Crippen molar-refractivity contribution in [2.24, 2.45) is 5.41 Å². The lowest BCUT2D eigenvalue weighted by Gasteiger charge is -2.26. The lowest BCUT2D eigenvalue weighted by atomic mass is 9.79. The van der Waals surface area contributed by atoms with Gasteiger partial charge in [0.25, 0.3) is 0 Å². The van der Waals surface area contributed by atoms with Gasteiger partial charge in [-0.1, -0.05) is 26.0 Å². The summed E-state index contributed by atoms with van der Waals surface area (Å²) in [7, 11) is 0. The molecule has 0 bridgehead atoms. The van der Waals surface area contributed by atoms with Gasteiger partial charge in [0, 0.05) is 19.2 Å². The highest BCUT2D eigenvalue weighted by Gasteiger charge is 2.24. The molecule has 120 valence electrons. The zero-order valence-corrected chi connectivity index (χ0v) is 14.2. The number of hydrogen-bond donors (Lipinski definition) is 1. The van der Waals surface area contributed by atoms with E-state index in [0.29, 0.717) is 0 Å². The molecule has 2 aliphatic rings. The van der Waals surface area contributed by atoms with Crippen molar-refractivity contribution in [1.82, 2.24) is 15.0 Å². The first kappa shape index (κ1) is 14.5. The number of allylic oxidation sites excluding steroid dienone is 4. The van der Waals surface area contributed by atoms with E-state index in [1.54, 1.807) is 0 Å². The predicted octanol–water partition coefficient (Wildman–Crippen LogP) is 4.32. The summed E-state index contributed by atoms with van der Waals surface area (Å²) in [6.45, 7) is 8.93. The van der Waals surface area contributed by atoms with Crippen LogP contribution in [0.15, 0.2) is 30.0 Å². The molecule has 3 heterocycles. The number of fused-ring (bicyclic) bond motifs is 1. The second-order valence-electron chi connectivity index (χ2n) is 7.50. The van der Waals surface area contributed by atoms with Crippen molar-refractivity contribution in [2.45, 2.75) is 40.0 Å². The lowest BCUT2D eigenvalue weighted by molar-refractivity contribution is 0.489. The van der Waals surface area contributed by atoms with Crippen LogP contribution >= 0.6 is 0 Å². The van der Waals surface area contributed by atoms with E-state index in [1.165, 1.54) is 24.0 Å². The van der Waals surface area contributed by atoms with Gasteiger partial charge in [-0.05, 0) is 42.7 Å². The summed E-state index contributed by atoms with van der Waals surface area (Å²) >= 11 is 0. The largest absolute Gasteiger partial charge is 0.357 e. The number of pyridine rings is 1. The molecular formula is C19H24N4. The molecule has 2 aromatic heterocycles. The standard InChI is InChI=1S/C19H24N4/c1-13-6-7-19(2,3)11-14(13)18-21-15-10-17(20-12-16(15)22-18)23-8-4-5-9-23/h6-7,10,12H,4-5,8-9,11H2,1-3H3,(H,21,22). The molecule has 4 rings (SSSR count). The number of hydrogen-bond acceptors (Lipinski definition) is 3. The van der Waals surface area contributed by atoms with Crippen LogP contribution in [0.1, 0.15) is 45.9 Å². The normalized spacial score (nSPS) is 20.7. The summed E-state index contributed by atoms with van der Waals surface area (Å²) in [4.78, 5) is 15.3. The summed E-state index contributed by atoms with van der Waals surface area (Å²) in [5.74, 6) is 2.05. The van der Waals surface area contributed by atoms with Crippen LogP contribution in [0.5, 0.6) is 0 Å². The van der Waals surface area contributed by atoms with E-state index in [4.69, 9.17) is 4.98 Å². The average molecular weight is 308 g/mol. The van der Waals surface area contributed by atoms with E-state index in [-0.39, 0.29) is 5.41 Å². The van der Waals surface area contributed by atoms with Gasteiger partial charge in [-0.3, -0.25) is 0 Å². The molecule has 1 fully saturated rings. The molecule has 1 aliphatic heterocycles. The number of anilines is 1. The van der Waals surface area contributed by atoms with Gasteiger partial charge in [-0.2, -0.15) is 0 Å². The summed E-state index contributed by atoms with van der Waals surface area (Å²) < 4.78 is 0. The zero-order chi connectivity index (χ0) is 16.0. The number of imidazole rings is 1. The van der Waals surface area contributed by atoms with E-state index in [1.807, 2.05) is 6.20 Å².